The summed E-state index contributed by atoms with van der Waals surface area (Å²) in [5.74, 6) is -3.98. The van der Waals surface area contributed by atoms with E-state index in [0.29, 0.717) is 18.1 Å². The lowest BCUT2D eigenvalue weighted by Crippen LogP contribution is -2.27. The molecule has 0 bridgehead atoms. The minimum atomic E-state index is -3.37. The second-order valence-corrected chi connectivity index (χ2v) is 7.04. The molecule has 1 aromatic carbocycles. The fourth-order valence-electron chi connectivity index (χ4n) is 3.50. The summed E-state index contributed by atoms with van der Waals surface area (Å²) < 4.78 is 71.7. The lowest BCUT2D eigenvalue weighted by atomic mass is 9.78. The van der Waals surface area contributed by atoms with E-state index in [1.165, 1.54) is 0 Å². The van der Waals surface area contributed by atoms with Crippen molar-refractivity contribution in [2.45, 2.75) is 64.6 Å². The zero-order valence-corrected chi connectivity index (χ0v) is 14.9. The molecular weight excluding hydrogens is 351 g/mol. The van der Waals surface area contributed by atoms with E-state index in [0.717, 1.165) is 38.5 Å². The Morgan fingerprint density at radius 2 is 1.62 bits per heavy atom. The molecule has 0 amide bonds. The number of ether oxygens (including phenoxy) is 1. The molecule has 1 aliphatic carbocycles. The molecular formula is C20H25F5O. The predicted molar refractivity (Wildman–Crippen MR) is 90.2 cm³/mol. The van der Waals surface area contributed by atoms with Gasteiger partial charge in [-0.1, -0.05) is 25.0 Å². The van der Waals surface area contributed by atoms with Crippen LogP contribution in [0.25, 0.3) is 0 Å². The minimum Gasteiger partial charge on any atom is -0.316 e. The van der Waals surface area contributed by atoms with Gasteiger partial charge in [0, 0.05) is 6.42 Å². The molecule has 0 unspecified atom stereocenters. The zero-order valence-electron chi connectivity index (χ0n) is 14.9. The van der Waals surface area contributed by atoms with E-state index in [1.807, 2.05) is 13.0 Å². The van der Waals surface area contributed by atoms with Crippen LogP contribution in [0.5, 0.6) is 0 Å². The van der Waals surface area contributed by atoms with Gasteiger partial charge in [0.05, 0.1) is 6.61 Å². The van der Waals surface area contributed by atoms with Crippen LogP contribution in [0, 0.1) is 29.3 Å². The van der Waals surface area contributed by atoms with Crippen molar-refractivity contribution in [3.8, 4) is 0 Å². The SMILES string of the molecule is C/C=C/CC[C@H]1CC[C@H](CC(F)(F)OCc2cc(F)c(F)c(F)c2)CC1. The molecule has 1 saturated carbocycles. The Labute approximate surface area is 151 Å². The van der Waals surface area contributed by atoms with Gasteiger partial charge in [-0.2, -0.15) is 8.78 Å². The quantitative estimate of drug-likeness (QED) is 0.276. The van der Waals surface area contributed by atoms with E-state index in [1.54, 1.807) is 0 Å². The molecule has 146 valence electrons. The lowest BCUT2D eigenvalue weighted by molar-refractivity contribution is -0.256. The summed E-state index contributed by atoms with van der Waals surface area (Å²) in [6.07, 6.45) is 5.82. The fraction of sp³-hybridized carbons (Fsp3) is 0.600. The van der Waals surface area contributed by atoms with E-state index in [-0.39, 0.29) is 11.5 Å². The highest BCUT2D eigenvalue weighted by atomic mass is 19.3. The number of halogens is 5. The highest BCUT2D eigenvalue weighted by Crippen LogP contribution is 2.38. The first-order valence-electron chi connectivity index (χ1n) is 9.07. The van der Waals surface area contributed by atoms with Gasteiger partial charge in [0.1, 0.15) is 0 Å². The van der Waals surface area contributed by atoms with Crippen molar-refractivity contribution in [1.82, 2.24) is 0 Å². The molecule has 0 aliphatic heterocycles. The second-order valence-electron chi connectivity index (χ2n) is 7.04. The maximum atomic E-state index is 14.0. The summed E-state index contributed by atoms with van der Waals surface area (Å²) in [6, 6.07) is 1.34. The highest BCUT2D eigenvalue weighted by molar-refractivity contribution is 5.18. The maximum Gasteiger partial charge on any atom is 0.356 e. The third-order valence-electron chi connectivity index (χ3n) is 4.96. The maximum absolute atomic E-state index is 14.0. The van der Waals surface area contributed by atoms with Crippen LogP contribution < -0.4 is 0 Å². The van der Waals surface area contributed by atoms with Gasteiger partial charge in [-0.3, -0.25) is 0 Å². The summed E-state index contributed by atoms with van der Waals surface area (Å²) in [7, 11) is 0. The van der Waals surface area contributed by atoms with E-state index in [2.05, 4.69) is 10.8 Å². The normalized spacial score (nSPS) is 21.5. The standard InChI is InChI=1S/C20H25F5O/c1-2-3-4-5-14-6-8-15(9-7-14)12-20(24,25)26-13-16-10-17(21)19(23)18(22)11-16/h2-3,10-11,14-15H,4-9,12-13H2,1H3/b3-2+/t14-,15-. The Morgan fingerprint density at radius 3 is 2.19 bits per heavy atom. The van der Waals surface area contributed by atoms with Gasteiger partial charge >= 0.3 is 6.11 Å². The first kappa shape index (κ1) is 20.9. The Kier molecular flexibility index (Phi) is 7.62. The molecule has 1 nitrogen and oxygen atoms in total. The van der Waals surface area contributed by atoms with E-state index < -0.39 is 36.6 Å². The van der Waals surface area contributed by atoms with Crippen molar-refractivity contribution in [3.05, 3.63) is 47.3 Å². The van der Waals surface area contributed by atoms with Crippen LogP contribution in [-0.2, 0) is 11.3 Å². The number of allylic oxidation sites excluding steroid dienone is 2. The average Bonchev–Trinajstić information content (AvgIpc) is 2.59. The summed E-state index contributed by atoms with van der Waals surface area (Å²) in [5.41, 5.74) is -0.159. The van der Waals surface area contributed by atoms with Crippen LogP contribution in [0.4, 0.5) is 22.0 Å². The number of hydrogen-bond donors (Lipinski definition) is 0. The molecule has 1 aromatic rings. The monoisotopic (exact) mass is 376 g/mol. The summed E-state index contributed by atoms with van der Waals surface area (Å²) >= 11 is 0. The van der Waals surface area contributed by atoms with E-state index in [4.69, 9.17) is 0 Å². The van der Waals surface area contributed by atoms with Gasteiger partial charge in [0.15, 0.2) is 17.5 Å². The molecule has 0 N–H and O–H groups in total. The molecule has 0 spiro atoms. The van der Waals surface area contributed by atoms with E-state index in [9.17, 15) is 22.0 Å². The smallest absolute Gasteiger partial charge is 0.316 e. The van der Waals surface area contributed by atoms with Gasteiger partial charge in [-0.25, -0.2) is 13.2 Å². The summed E-state index contributed by atoms with van der Waals surface area (Å²) in [6.45, 7) is 1.31. The van der Waals surface area contributed by atoms with Gasteiger partial charge in [0.25, 0.3) is 0 Å². The molecule has 1 aliphatic rings. The van der Waals surface area contributed by atoms with Crippen molar-refractivity contribution in [1.29, 1.82) is 0 Å². The third kappa shape index (κ3) is 6.38. The van der Waals surface area contributed by atoms with Crippen LogP contribution in [-0.4, -0.2) is 6.11 Å². The van der Waals surface area contributed by atoms with Crippen LogP contribution >= 0.6 is 0 Å². The van der Waals surface area contributed by atoms with Crippen molar-refractivity contribution in [3.63, 3.8) is 0 Å². The van der Waals surface area contributed by atoms with Crippen LogP contribution in [0.3, 0.4) is 0 Å². The number of alkyl halides is 2. The Morgan fingerprint density at radius 1 is 1.04 bits per heavy atom. The average molecular weight is 376 g/mol. The van der Waals surface area contributed by atoms with Crippen molar-refractivity contribution >= 4 is 0 Å². The van der Waals surface area contributed by atoms with Crippen molar-refractivity contribution < 1.29 is 26.7 Å². The largest absolute Gasteiger partial charge is 0.356 e. The summed E-state index contributed by atoms with van der Waals surface area (Å²) in [5, 5.41) is 0. The Balaban J connectivity index is 1.78. The molecule has 0 aromatic heterocycles. The molecule has 0 radical (unpaired) electrons. The second kappa shape index (κ2) is 9.49. The molecule has 6 heteroatoms. The van der Waals surface area contributed by atoms with Crippen LogP contribution in [0.15, 0.2) is 24.3 Å². The van der Waals surface area contributed by atoms with E-state index >= 15 is 0 Å². The van der Waals surface area contributed by atoms with Crippen LogP contribution in [0.1, 0.15) is 57.4 Å². The molecule has 0 heterocycles. The highest BCUT2D eigenvalue weighted by Gasteiger charge is 2.35. The molecule has 0 saturated heterocycles. The predicted octanol–water partition coefficient (Wildman–Crippen LogP) is 6.77. The first-order valence-corrected chi connectivity index (χ1v) is 9.07. The molecule has 2 rings (SSSR count). The first-order chi connectivity index (χ1) is 12.3. The van der Waals surface area contributed by atoms with Crippen molar-refractivity contribution in [2.24, 2.45) is 11.8 Å². The number of rotatable bonds is 8. The van der Waals surface area contributed by atoms with Gasteiger partial charge in [-0.15, -0.1) is 0 Å². The Hall–Kier alpha value is -1.43. The number of benzene rings is 1. The third-order valence-corrected chi connectivity index (χ3v) is 4.96. The van der Waals surface area contributed by atoms with Gasteiger partial charge in [0.2, 0.25) is 0 Å². The zero-order chi connectivity index (χ0) is 19.2. The Bertz CT molecular complexity index is 583. The number of hydrogen-bond acceptors (Lipinski definition) is 1. The topological polar surface area (TPSA) is 9.23 Å². The fourth-order valence-corrected chi connectivity index (χ4v) is 3.50. The van der Waals surface area contributed by atoms with Gasteiger partial charge in [-0.05, 0) is 62.1 Å². The lowest BCUT2D eigenvalue weighted by Gasteiger charge is -2.30. The molecule has 1 fully saturated rings. The summed E-state index contributed by atoms with van der Waals surface area (Å²) in [4.78, 5) is 0. The van der Waals surface area contributed by atoms with Crippen molar-refractivity contribution in [2.75, 3.05) is 0 Å². The minimum absolute atomic E-state index is 0.121. The molecule has 0 atom stereocenters. The van der Waals surface area contributed by atoms with Crippen LogP contribution in [0.2, 0.25) is 0 Å². The molecule has 26 heavy (non-hydrogen) atoms. The van der Waals surface area contributed by atoms with Gasteiger partial charge < -0.3 is 4.74 Å².